The molecular weight excluding hydrogens is 409 g/mol. The third kappa shape index (κ3) is 3.63. The van der Waals surface area contributed by atoms with Crippen molar-refractivity contribution in [3.8, 4) is 22.4 Å². The topological polar surface area (TPSA) is 30.2 Å². The molecule has 0 N–H and O–H groups in total. The van der Waals surface area contributed by atoms with Crippen molar-refractivity contribution in [2.45, 2.75) is 46.0 Å². The molecule has 0 unspecified atom stereocenters. The largest absolute Gasteiger partial charge is 0.228 e. The van der Waals surface area contributed by atoms with Crippen LogP contribution in [0.25, 0.3) is 28.0 Å². The maximum Gasteiger partial charge on any atom is 0.164 e. The number of rotatable bonds is 4. The van der Waals surface area contributed by atoms with Gasteiger partial charge in [-0.3, -0.25) is 0 Å². The van der Waals surface area contributed by atoms with E-state index in [1.807, 2.05) is 41.8 Å². The maximum atomic E-state index is 14.1. The molecular formula is C26H25ClFN3. The summed E-state index contributed by atoms with van der Waals surface area (Å²) in [5.74, 6) is 0.396. The molecule has 0 aliphatic heterocycles. The van der Waals surface area contributed by atoms with E-state index >= 15 is 0 Å². The van der Waals surface area contributed by atoms with Crippen molar-refractivity contribution in [1.29, 1.82) is 0 Å². The molecule has 0 saturated heterocycles. The molecule has 0 saturated carbocycles. The highest BCUT2D eigenvalue weighted by atomic mass is 35.5. The molecule has 0 radical (unpaired) electrons. The summed E-state index contributed by atoms with van der Waals surface area (Å²) in [7, 11) is 0. The van der Waals surface area contributed by atoms with Crippen molar-refractivity contribution in [3.05, 3.63) is 76.3 Å². The molecule has 1 atom stereocenters. The van der Waals surface area contributed by atoms with Crippen LogP contribution in [0, 0.1) is 18.7 Å². The predicted molar refractivity (Wildman–Crippen MR) is 124 cm³/mol. The van der Waals surface area contributed by atoms with Crippen LogP contribution in [0.1, 0.15) is 43.1 Å². The molecule has 5 rings (SSSR count). The first-order valence-electron chi connectivity index (χ1n) is 11.0. The molecule has 1 aliphatic rings. The third-order valence-electron chi connectivity index (χ3n) is 6.35. The molecule has 0 amide bonds. The first-order chi connectivity index (χ1) is 15.0. The molecule has 5 heteroatoms. The number of hydrogen-bond donors (Lipinski definition) is 0. The van der Waals surface area contributed by atoms with Gasteiger partial charge in [0, 0.05) is 27.4 Å². The Bertz CT molecular complexity index is 1260. The monoisotopic (exact) mass is 433 g/mol. The van der Waals surface area contributed by atoms with Gasteiger partial charge >= 0.3 is 0 Å². The van der Waals surface area contributed by atoms with Gasteiger partial charge in [0.1, 0.15) is 5.82 Å². The van der Waals surface area contributed by atoms with Gasteiger partial charge < -0.3 is 0 Å². The van der Waals surface area contributed by atoms with E-state index in [1.54, 1.807) is 12.1 Å². The molecule has 1 aliphatic carbocycles. The Morgan fingerprint density at radius 2 is 1.94 bits per heavy atom. The summed E-state index contributed by atoms with van der Waals surface area (Å²) in [5, 5.41) is 5.60. The molecule has 3 nitrogen and oxygen atoms in total. The van der Waals surface area contributed by atoms with Crippen molar-refractivity contribution in [1.82, 2.24) is 14.6 Å². The van der Waals surface area contributed by atoms with Gasteiger partial charge in [0.2, 0.25) is 0 Å². The number of nitrogens with zero attached hydrogens (tertiary/aromatic N) is 3. The van der Waals surface area contributed by atoms with Crippen LogP contribution >= 0.6 is 11.6 Å². The van der Waals surface area contributed by atoms with Crippen LogP contribution in [0.15, 0.2) is 48.5 Å². The van der Waals surface area contributed by atoms with Crippen molar-refractivity contribution in [2.24, 2.45) is 5.92 Å². The molecule has 2 heterocycles. The Hall–Kier alpha value is -2.72. The molecule has 4 aromatic rings. The summed E-state index contributed by atoms with van der Waals surface area (Å²) in [6.07, 6.45) is 5.45. The van der Waals surface area contributed by atoms with E-state index in [2.05, 4.69) is 6.92 Å². The fourth-order valence-electron chi connectivity index (χ4n) is 4.93. The summed E-state index contributed by atoms with van der Waals surface area (Å²) in [6.45, 7) is 4.26. The molecule has 0 fully saturated rings. The Kier molecular flexibility index (Phi) is 5.27. The smallest absolute Gasteiger partial charge is 0.164 e. The van der Waals surface area contributed by atoms with Gasteiger partial charge in [-0.2, -0.15) is 5.10 Å². The van der Waals surface area contributed by atoms with E-state index in [-0.39, 0.29) is 5.82 Å². The van der Waals surface area contributed by atoms with Gasteiger partial charge in [-0.15, -0.1) is 0 Å². The van der Waals surface area contributed by atoms with Crippen LogP contribution in [0.2, 0.25) is 5.02 Å². The van der Waals surface area contributed by atoms with Gasteiger partial charge in [0.25, 0.3) is 0 Å². The molecule has 0 bridgehead atoms. The minimum absolute atomic E-state index is 0.239. The highest BCUT2D eigenvalue weighted by Crippen LogP contribution is 2.38. The van der Waals surface area contributed by atoms with Gasteiger partial charge in [-0.1, -0.05) is 55.6 Å². The van der Waals surface area contributed by atoms with Crippen LogP contribution in [0.5, 0.6) is 0 Å². The highest BCUT2D eigenvalue weighted by Gasteiger charge is 2.27. The zero-order valence-corrected chi connectivity index (χ0v) is 18.6. The summed E-state index contributed by atoms with van der Waals surface area (Å²) < 4.78 is 16.2. The molecule has 158 valence electrons. The van der Waals surface area contributed by atoms with E-state index in [9.17, 15) is 4.39 Å². The van der Waals surface area contributed by atoms with Crippen molar-refractivity contribution >= 4 is 17.2 Å². The van der Waals surface area contributed by atoms with Crippen molar-refractivity contribution < 1.29 is 4.39 Å². The summed E-state index contributed by atoms with van der Waals surface area (Å²) >= 11 is 6.11. The summed E-state index contributed by atoms with van der Waals surface area (Å²) in [6, 6.07) is 14.6. The first kappa shape index (κ1) is 20.2. The van der Waals surface area contributed by atoms with E-state index < -0.39 is 0 Å². The number of aromatic nitrogens is 3. The molecule has 0 spiro atoms. The second-order valence-electron chi connectivity index (χ2n) is 8.50. The number of halogens is 2. The lowest BCUT2D eigenvalue weighted by atomic mass is 9.82. The quantitative estimate of drug-likeness (QED) is 0.344. The number of aryl methyl sites for hydroxylation is 2. The average molecular weight is 434 g/mol. The molecule has 31 heavy (non-hydrogen) atoms. The fourth-order valence-corrected chi connectivity index (χ4v) is 5.06. The van der Waals surface area contributed by atoms with Crippen LogP contribution in [0.3, 0.4) is 0 Å². The van der Waals surface area contributed by atoms with Crippen LogP contribution in [-0.2, 0) is 12.8 Å². The SMILES string of the molecule is CCC[C@H]1CCc2c(c(-c3cccc(F)c3)nc3c(-c4ccc(Cl)cc4)c(C)nn23)C1. The fraction of sp³-hybridized carbons (Fsp3) is 0.308. The molecule has 2 aromatic heterocycles. The van der Waals surface area contributed by atoms with Crippen LogP contribution in [0.4, 0.5) is 4.39 Å². The number of fused-ring (bicyclic) bond motifs is 3. The summed E-state index contributed by atoms with van der Waals surface area (Å²) in [5.41, 5.74) is 7.94. The number of benzene rings is 2. The van der Waals surface area contributed by atoms with Crippen LogP contribution < -0.4 is 0 Å². The van der Waals surface area contributed by atoms with Gasteiger partial charge in [0.05, 0.1) is 11.4 Å². The zero-order chi connectivity index (χ0) is 21.5. The Balaban J connectivity index is 1.78. The van der Waals surface area contributed by atoms with Crippen molar-refractivity contribution in [3.63, 3.8) is 0 Å². The zero-order valence-electron chi connectivity index (χ0n) is 17.8. The van der Waals surface area contributed by atoms with E-state index in [0.29, 0.717) is 10.9 Å². The predicted octanol–water partition coefficient (Wildman–Crippen LogP) is 7.07. The first-order valence-corrected chi connectivity index (χ1v) is 11.4. The van der Waals surface area contributed by atoms with E-state index in [4.69, 9.17) is 21.7 Å². The summed E-state index contributed by atoms with van der Waals surface area (Å²) in [4.78, 5) is 5.11. The van der Waals surface area contributed by atoms with Gasteiger partial charge in [0.15, 0.2) is 5.65 Å². The minimum Gasteiger partial charge on any atom is -0.228 e. The van der Waals surface area contributed by atoms with Crippen LogP contribution in [-0.4, -0.2) is 14.6 Å². The highest BCUT2D eigenvalue weighted by molar-refractivity contribution is 6.30. The lowest BCUT2D eigenvalue weighted by Gasteiger charge is -2.26. The number of hydrogen-bond acceptors (Lipinski definition) is 2. The standard InChI is InChI=1S/C26H25ClFN3/c1-3-5-17-8-13-23-22(14-17)25(19-6-4-7-21(28)15-19)29-26-24(16(2)30-31(23)26)18-9-11-20(27)12-10-18/h4,6-7,9-12,15,17H,3,5,8,13-14H2,1-2H3/t17-/m0/s1. The van der Waals surface area contributed by atoms with E-state index in [1.165, 1.54) is 30.2 Å². The lowest BCUT2D eigenvalue weighted by molar-refractivity contribution is 0.414. The maximum absolute atomic E-state index is 14.1. The Labute approximate surface area is 186 Å². The minimum atomic E-state index is -0.239. The van der Waals surface area contributed by atoms with Gasteiger partial charge in [-0.25, -0.2) is 13.9 Å². The van der Waals surface area contributed by atoms with Gasteiger partial charge in [-0.05, 0) is 61.9 Å². The second kappa shape index (κ2) is 8.08. The Morgan fingerprint density at radius 3 is 2.68 bits per heavy atom. The lowest BCUT2D eigenvalue weighted by Crippen LogP contribution is -2.20. The Morgan fingerprint density at radius 1 is 1.13 bits per heavy atom. The second-order valence-corrected chi connectivity index (χ2v) is 8.93. The van der Waals surface area contributed by atoms with Crippen molar-refractivity contribution in [2.75, 3.05) is 0 Å². The molecule has 2 aromatic carbocycles. The normalized spacial score (nSPS) is 15.9. The average Bonchev–Trinajstić information content (AvgIpc) is 3.10. The third-order valence-corrected chi connectivity index (χ3v) is 6.61. The van der Waals surface area contributed by atoms with E-state index in [0.717, 1.165) is 53.0 Å².